The minimum atomic E-state index is -0.818. The van der Waals surface area contributed by atoms with Gasteiger partial charge in [-0.15, -0.1) is 0 Å². The molecular formula is C15H17N3O3. The molecule has 0 spiro atoms. The van der Waals surface area contributed by atoms with Crippen molar-refractivity contribution in [2.45, 2.75) is 19.8 Å². The predicted molar refractivity (Wildman–Crippen MR) is 77.9 cm³/mol. The number of carboxylic acids is 1. The molecule has 2 aromatic rings. The molecule has 0 aliphatic carbocycles. The van der Waals surface area contributed by atoms with Crippen molar-refractivity contribution in [2.24, 2.45) is 5.92 Å². The third-order valence-electron chi connectivity index (χ3n) is 3.19. The SMILES string of the molecule is CC(CCC(=O)O)CNC(=O)c1ccc2nccnc2c1. The average molecular weight is 287 g/mol. The molecule has 2 rings (SSSR count). The van der Waals surface area contributed by atoms with E-state index in [0.717, 1.165) is 5.52 Å². The molecule has 0 saturated heterocycles. The Kier molecular flexibility index (Phi) is 4.81. The summed E-state index contributed by atoms with van der Waals surface area (Å²) in [4.78, 5) is 30.9. The third-order valence-corrected chi connectivity index (χ3v) is 3.19. The van der Waals surface area contributed by atoms with Gasteiger partial charge >= 0.3 is 5.97 Å². The lowest BCUT2D eigenvalue weighted by molar-refractivity contribution is -0.137. The highest BCUT2D eigenvalue weighted by atomic mass is 16.4. The Morgan fingerprint density at radius 2 is 1.95 bits per heavy atom. The summed E-state index contributed by atoms with van der Waals surface area (Å²) in [6.45, 7) is 2.36. The van der Waals surface area contributed by atoms with Gasteiger partial charge in [0, 0.05) is 30.9 Å². The van der Waals surface area contributed by atoms with E-state index >= 15 is 0 Å². The molecule has 0 saturated carbocycles. The Hall–Kier alpha value is -2.50. The van der Waals surface area contributed by atoms with Crippen molar-refractivity contribution in [2.75, 3.05) is 6.54 Å². The average Bonchev–Trinajstić information content (AvgIpc) is 2.50. The largest absolute Gasteiger partial charge is 0.481 e. The lowest BCUT2D eigenvalue weighted by atomic mass is 10.1. The van der Waals surface area contributed by atoms with E-state index in [4.69, 9.17) is 5.11 Å². The summed E-state index contributed by atoms with van der Waals surface area (Å²) in [6.07, 6.45) is 3.84. The summed E-state index contributed by atoms with van der Waals surface area (Å²) >= 11 is 0. The van der Waals surface area contributed by atoms with Crippen LogP contribution in [0.3, 0.4) is 0 Å². The highest BCUT2D eigenvalue weighted by molar-refractivity contribution is 5.97. The first kappa shape index (κ1) is 14.9. The fourth-order valence-electron chi connectivity index (χ4n) is 1.95. The molecular weight excluding hydrogens is 270 g/mol. The van der Waals surface area contributed by atoms with Gasteiger partial charge in [-0.05, 0) is 30.5 Å². The van der Waals surface area contributed by atoms with Gasteiger partial charge < -0.3 is 10.4 Å². The maximum atomic E-state index is 12.1. The number of hydrogen-bond donors (Lipinski definition) is 2. The normalized spacial score (nSPS) is 12.0. The summed E-state index contributed by atoms with van der Waals surface area (Å²) in [7, 11) is 0. The van der Waals surface area contributed by atoms with Crippen molar-refractivity contribution in [3.05, 3.63) is 36.2 Å². The zero-order chi connectivity index (χ0) is 15.2. The van der Waals surface area contributed by atoms with E-state index in [9.17, 15) is 9.59 Å². The van der Waals surface area contributed by atoms with Crippen molar-refractivity contribution in [1.29, 1.82) is 0 Å². The minimum absolute atomic E-state index is 0.114. The van der Waals surface area contributed by atoms with Crippen molar-refractivity contribution < 1.29 is 14.7 Å². The number of rotatable bonds is 6. The van der Waals surface area contributed by atoms with Crippen molar-refractivity contribution >= 4 is 22.9 Å². The third kappa shape index (κ3) is 4.24. The van der Waals surface area contributed by atoms with E-state index < -0.39 is 5.97 Å². The van der Waals surface area contributed by atoms with Crippen molar-refractivity contribution in [3.63, 3.8) is 0 Å². The van der Waals surface area contributed by atoms with E-state index in [0.29, 0.717) is 24.0 Å². The maximum absolute atomic E-state index is 12.1. The summed E-state index contributed by atoms with van der Waals surface area (Å²) in [5.74, 6) is -0.892. The van der Waals surface area contributed by atoms with Gasteiger partial charge in [0.05, 0.1) is 11.0 Å². The molecule has 1 amide bonds. The standard InChI is InChI=1S/C15H17N3O3/c1-10(2-5-14(19)20)9-18-15(21)11-3-4-12-13(8-11)17-7-6-16-12/h3-4,6-8,10H,2,5,9H2,1H3,(H,18,21)(H,19,20). The molecule has 110 valence electrons. The van der Waals surface area contributed by atoms with Gasteiger partial charge in [0.25, 0.3) is 5.91 Å². The zero-order valence-electron chi connectivity index (χ0n) is 11.7. The summed E-state index contributed by atoms with van der Waals surface area (Å²) in [5, 5.41) is 11.4. The van der Waals surface area contributed by atoms with Gasteiger partial charge in [-0.1, -0.05) is 6.92 Å². The van der Waals surface area contributed by atoms with Crippen LogP contribution in [0.5, 0.6) is 0 Å². The highest BCUT2D eigenvalue weighted by Gasteiger charge is 2.10. The molecule has 1 heterocycles. The molecule has 6 nitrogen and oxygen atoms in total. The topological polar surface area (TPSA) is 92.2 Å². The fourth-order valence-corrected chi connectivity index (χ4v) is 1.95. The van der Waals surface area contributed by atoms with Crippen LogP contribution < -0.4 is 5.32 Å². The molecule has 0 fully saturated rings. The lowest BCUT2D eigenvalue weighted by Crippen LogP contribution is -2.28. The number of nitrogens with zero attached hydrogens (tertiary/aromatic N) is 2. The molecule has 0 aliphatic heterocycles. The monoisotopic (exact) mass is 287 g/mol. The molecule has 21 heavy (non-hydrogen) atoms. The van der Waals surface area contributed by atoms with E-state index in [-0.39, 0.29) is 18.2 Å². The van der Waals surface area contributed by atoms with Crippen LogP contribution in [0, 0.1) is 5.92 Å². The van der Waals surface area contributed by atoms with Crippen LogP contribution in [0.25, 0.3) is 11.0 Å². The number of nitrogens with one attached hydrogen (secondary N) is 1. The molecule has 6 heteroatoms. The number of carbonyl (C=O) groups excluding carboxylic acids is 1. The molecule has 1 atom stereocenters. The summed E-state index contributed by atoms with van der Waals surface area (Å²) in [6, 6.07) is 5.15. The first-order valence-electron chi connectivity index (χ1n) is 6.77. The second-order valence-corrected chi connectivity index (χ2v) is 5.01. The smallest absolute Gasteiger partial charge is 0.303 e. The van der Waals surface area contributed by atoms with Gasteiger partial charge in [0.2, 0.25) is 0 Å². The van der Waals surface area contributed by atoms with Gasteiger partial charge in [0.1, 0.15) is 0 Å². The number of aromatic nitrogens is 2. The van der Waals surface area contributed by atoms with Crippen LogP contribution in [0.4, 0.5) is 0 Å². The van der Waals surface area contributed by atoms with Crippen molar-refractivity contribution in [1.82, 2.24) is 15.3 Å². The van der Waals surface area contributed by atoms with E-state index in [1.54, 1.807) is 30.6 Å². The van der Waals surface area contributed by atoms with Crippen LogP contribution in [0.1, 0.15) is 30.1 Å². The molecule has 1 unspecified atom stereocenters. The Morgan fingerprint density at radius 3 is 2.67 bits per heavy atom. The first-order valence-corrected chi connectivity index (χ1v) is 6.77. The highest BCUT2D eigenvalue weighted by Crippen LogP contribution is 2.11. The Labute approximate surface area is 122 Å². The number of carbonyl (C=O) groups is 2. The summed E-state index contributed by atoms with van der Waals surface area (Å²) in [5.41, 5.74) is 1.93. The van der Waals surface area contributed by atoms with E-state index in [1.807, 2.05) is 6.92 Å². The Bertz CT molecular complexity index is 657. The molecule has 1 aromatic carbocycles. The van der Waals surface area contributed by atoms with Gasteiger partial charge in [-0.3, -0.25) is 19.6 Å². The number of benzene rings is 1. The van der Waals surface area contributed by atoms with E-state index in [2.05, 4.69) is 15.3 Å². The number of amides is 1. The van der Waals surface area contributed by atoms with Crippen LogP contribution in [-0.4, -0.2) is 33.5 Å². The van der Waals surface area contributed by atoms with Crippen LogP contribution in [-0.2, 0) is 4.79 Å². The minimum Gasteiger partial charge on any atom is -0.481 e. The van der Waals surface area contributed by atoms with Gasteiger partial charge in [0.15, 0.2) is 0 Å². The van der Waals surface area contributed by atoms with Gasteiger partial charge in [-0.2, -0.15) is 0 Å². The lowest BCUT2D eigenvalue weighted by Gasteiger charge is -2.11. The predicted octanol–water partition coefficient (Wildman–Crippen LogP) is 1.86. The Morgan fingerprint density at radius 1 is 1.24 bits per heavy atom. The van der Waals surface area contributed by atoms with Crippen LogP contribution in [0.15, 0.2) is 30.6 Å². The summed E-state index contributed by atoms with van der Waals surface area (Å²) < 4.78 is 0. The van der Waals surface area contributed by atoms with Crippen LogP contribution >= 0.6 is 0 Å². The Balaban J connectivity index is 1.94. The second-order valence-electron chi connectivity index (χ2n) is 5.01. The molecule has 0 radical (unpaired) electrons. The van der Waals surface area contributed by atoms with Crippen molar-refractivity contribution in [3.8, 4) is 0 Å². The molecule has 1 aromatic heterocycles. The van der Waals surface area contributed by atoms with Gasteiger partial charge in [-0.25, -0.2) is 0 Å². The van der Waals surface area contributed by atoms with E-state index in [1.165, 1.54) is 0 Å². The molecule has 0 bridgehead atoms. The number of aliphatic carboxylic acids is 1. The maximum Gasteiger partial charge on any atom is 0.303 e. The fraction of sp³-hybridized carbons (Fsp3) is 0.333. The first-order chi connectivity index (χ1) is 10.1. The molecule has 0 aliphatic rings. The number of carboxylic acid groups (broad SMARTS) is 1. The number of fused-ring (bicyclic) bond motifs is 1. The zero-order valence-corrected chi connectivity index (χ0v) is 11.7. The molecule has 2 N–H and O–H groups in total. The van der Waals surface area contributed by atoms with Crippen LogP contribution in [0.2, 0.25) is 0 Å². The number of hydrogen-bond acceptors (Lipinski definition) is 4. The quantitative estimate of drug-likeness (QED) is 0.846. The second kappa shape index (κ2) is 6.78.